The number of rotatable bonds is 5. The molecular weight excluding hydrogens is 314 g/mol. The van der Waals surface area contributed by atoms with Crippen molar-refractivity contribution in [2.24, 2.45) is 0 Å². The highest BCUT2D eigenvalue weighted by molar-refractivity contribution is 5.94. The Bertz CT molecular complexity index is 933. The van der Waals surface area contributed by atoms with Crippen LogP contribution >= 0.6 is 0 Å². The molecule has 0 aliphatic heterocycles. The van der Waals surface area contributed by atoms with E-state index in [0.29, 0.717) is 18.7 Å². The molecule has 1 aromatic carbocycles. The van der Waals surface area contributed by atoms with E-state index >= 15 is 0 Å². The minimum Gasteiger partial charge on any atom is -0.351 e. The van der Waals surface area contributed by atoms with E-state index in [1.807, 2.05) is 49.4 Å². The van der Waals surface area contributed by atoms with Crippen LogP contribution in [0.1, 0.15) is 21.6 Å². The Labute approximate surface area is 145 Å². The van der Waals surface area contributed by atoms with E-state index < -0.39 is 5.56 Å². The van der Waals surface area contributed by atoms with Gasteiger partial charge in [-0.25, -0.2) is 0 Å². The molecule has 2 N–H and O–H groups in total. The second kappa shape index (κ2) is 7.57. The van der Waals surface area contributed by atoms with Gasteiger partial charge in [-0.1, -0.05) is 29.8 Å². The number of nitrogens with one attached hydrogen (secondary N) is 2. The van der Waals surface area contributed by atoms with Gasteiger partial charge in [-0.3, -0.25) is 14.6 Å². The third-order valence-corrected chi connectivity index (χ3v) is 3.88. The number of aryl methyl sites for hydroxylation is 1. The number of H-pyrrole nitrogens is 1. The van der Waals surface area contributed by atoms with Crippen LogP contribution < -0.4 is 10.9 Å². The molecule has 126 valence electrons. The van der Waals surface area contributed by atoms with Crippen LogP contribution in [0.4, 0.5) is 0 Å². The van der Waals surface area contributed by atoms with Gasteiger partial charge in [0, 0.05) is 30.6 Å². The van der Waals surface area contributed by atoms with Crippen LogP contribution in [0.15, 0.2) is 65.6 Å². The molecule has 0 spiro atoms. The Morgan fingerprint density at radius 2 is 2.00 bits per heavy atom. The molecule has 1 amide bonds. The Morgan fingerprint density at radius 3 is 2.72 bits per heavy atom. The second-order valence-corrected chi connectivity index (χ2v) is 5.81. The van der Waals surface area contributed by atoms with E-state index in [9.17, 15) is 9.59 Å². The number of benzene rings is 1. The topological polar surface area (TPSA) is 74.8 Å². The number of pyridine rings is 2. The monoisotopic (exact) mass is 333 g/mol. The standard InChI is InChI=1S/C20H19N3O2/c1-14-5-4-6-15(13-14)18-9-8-17(20(25)23-18)19(24)22-12-10-16-7-2-3-11-21-16/h2-9,11,13H,10,12H2,1H3,(H,22,24)(H,23,25). The zero-order valence-electron chi connectivity index (χ0n) is 14.0. The van der Waals surface area contributed by atoms with Crippen LogP contribution in [0.5, 0.6) is 0 Å². The fourth-order valence-electron chi connectivity index (χ4n) is 2.58. The van der Waals surface area contributed by atoms with Crippen molar-refractivity contribution >= 4 is 5.91 Å². The zero-order valence-corrected chi connectivity index (χ0v) is 14.0. The molecule has 0 saturated carbocycles. The predicted octanol–water partition coefficient (Wildman–Crippen LogP) is 2.72. The largest absolute Gasteiger partial charge is 0.351 e. The van der Waals surface area contributed by atoms with Gasteiger partial charge in [0.15, 0.2) is 0 Å². The van der Waals surface area contributed by atoms with Gasteiger partial charge < -0.3 is 10.3 Å². The molecule has 0 aliphatic rings. The summed E-state index contributed by atoms with van der Waals surface area (Å²) in [6, 6.07) is 16.8. The first-order valence-corrected chi connectivity index (χ1v) is 8.12. The van der Waals surface area contributed by atoms with Crippen molar-refractivity contribution in [2.45, 2.75) is 13.3 Å². The maximum Gasteiger partial charge on any atom is 0.261 e. The summed E-state index contributed by atoms with van der Waals surface area (Å²) in [6.07, 6.45) is 2.33. The van der Waals surface area contributed by atoms with Crippen LogP contribution in [0.3, 0.4) is 0 Å². The second-order valence-electron chi connectivity index (χ2n) is 5.81. The lowest BCUT2D eigenvalue weighted by Gasteiger charge is -2.07. The first-order chi connectivity index (χ1) is 12.1. The van der Waals surface area contributed by atoms with E-state index in [2.05, 4.69) is 15.3 Å². The molecule has 25 heavy (non-hydrogen) atoms. The SMILES string of the molecule is Cc1cccc(-c2ccc(C(=O)NCCc3ccccn3)c(=O)[nH]2)c1. The van der Waals surface area contributed by atoms with Crippen molar-refractivity contribution in [1.82, 2.24) is 15.3 Å². The molecule has 5 heteroatoms. The summed E-state index contributed by atoms with van der Waals surface area (Å²) in [5.41, 5.74) is 3.32. The fourth-order valence-corrected chi connectivity index (χ4v) is 2.58. The molecule has 0 atom stereocenters. The molecule has 3 aromatic rings. The molecule has 0 saturated heterocycles. The highest BCUT2D eigenvalue weighted by Crippen LogP contribution is 2.16. The number of amides is 1. The average molecular weight is 333 g/mol. The number of carbonyl (C=O) groups excluding carboxylic acids is 1. The van der Waals surface area contributed by atoms with Crippen molar-refractivity contribution in [3.8, 4) is 11.3 Å². The molecule has 0 bridgehead atoms. The number of hydrogen-bond donors (Lipinski definition) is 2. The average Bonchev–Trinajstić information content (AvgIpc) is 2.62. The summed E-state index contributed by atoms with van der Waals surface area (Å²) in [5, 5.41) is 2.76. The fraction of sp³-hybridized carbons (Fsp3) is 0.150. The van der Waals surface area contributed by atoms with Crippen molar-refractivity contribution in [2.75, 3.05) is 6.54 Å². The molecular formula is C20H19N3O2. The molecule has 0 radical (unpaired) electrons. The number of nitrogens with zero attached hydrogens (tertiary/aromatic N) is 1. The van der Waals surface area contributed by atoms with Gasteiger partial charge in [0.1, 0.15) is 5.56 Å². The van der Waals surface area contributed by atoms with Crippen molar-refractivity contribution in [3.05, 3.63) is 88.0 Å². The smallest absolute Gasteiger partial charge is 0.261 e. The molecule has 0 aliphatic carbocycles. The lowest BCUT2D eigenvalue weighted by atomic mass is 10.1. The van der Waals surface area contributed by atoms with Gasteiger partial charge in [0.05, 0.1) is 0 Å². The molecule has 3 rings (SSSR count). The van der Waals surface area contributed by atoms with Gasteiger partial charge in [-0.15, -0.1) is 0 Å². The maximum absolute atomic E-state index is 12.2. The number of carbonyl (C=O) groups is 1. The summed E-state index contributed by atoms with van der Waals surface area (Å²) >= 11 is 0. The van der Waals surface area contributed by atoms with Gasteiger partial charge >= 0.3 is 0 Å². The van der Waals surface area contributed by atoms with E-state index in [1.54, 1.807) is 18.3 Å². The normalized spacial score (nSPS) is 10.4. The summed E-state index contributed by atoms with van der Waals surface area (Å²) in [7, 11) is 0. The highest BCUT2D eigenvalue weighted by Gasteiger charge is 2.11. The number of aromatic amines is 1. The third kappa shape index (κ3) is 4.20. The Balaban J connectivity index is 1.68. The molecule has 2 heterocycles. The van der Waals surface area contributed by atoms with Gasteiger partial charge in [0.2, 0.25) is 0 Å². The van der Waals surface area contributed by atoms with E-state index in [4.69, 9.17) is 0 Å². The molecule has 2 aromatic heterocycles. The predicted molar refractivity (Wildman–Crippen MR) is 97.5 cm³/mol. The maximum atomic E-state index is 12.2. The van der Waals surface area contributed by atoms with E-state index in [0.717, 1.165) is 16.8 Å². The lowest BCUT2D eigenvalue weighted by Crippen LogP contribution is -2.31. The highest BCUT2D eigenvalue weighted by atomic mass is 16.2. The Morgan fingerprint density at radius 1 is 1.12 bits per heavy atom. The third-order valence-electron chi connectivity index (χ3n) is 3.88. The minimum absolute atomic E-state index is 0.109. The quantitative estimate of drug-likeness (QED) is 0.754. The number of hydrogen-bond acceptors (Lipinski definition) is 3. The van der Waals surface area contributed by atoms with Gasteiger partial charge in [0.25, 0.3) is 11.5 Å². The van der Waals surface area contributed by atoms with E-state index in [1.165, 1.54) is 0 Å². The van der Waals surface area contributed by atoms with Crippen LogP contribution in [0.2, 0.25) is 0 Å². The summed E-state index contributed by atoms with van der Waals surface area (Å²) in [6.45, 7) is 2.42. The minimum atomic E-state index is -0.394. The Hall–Kier alpha value is -3.21. The van der Waals surface area contributed by atoms with Crippen LogP contribution in [0, 0.1) is 6.92 Å². The molecule has 0 unspecified atom stereocenters. The Kier molecular flexibility index (Phi) is 5.04. The van der Waals surface area contributed by atoms with Gasteiger partial charge in [-0.2, -0.15) is 0 Å². The summed E-state index contributed by atoms with van der Waals surface area (Å²) in [5.74, 6) is -0.382. The van der Waals surface area contributed by atoms with Gasteiger partial charge in [-0.05, 0) is 42.8 Å². The first-order valence-electron chi connectivity index (χ1n) is 8.12. The van der Waals surface area contributed by atoms with Crippen molar-refractivity contribution in [1.29, 1.82) is 0 Å². The van der Waals surface area contributed by atoms with Crippen LogP contribution in [0.25, 0.3) is 11.3 Å². The summed E-state index contributed by atoms with van der Waals surface area (Å²) in [4.78, 5) is 31.4. The molecule has 0 fully saturated rings. The zero-order chi connectivity index (χ0) is 17.6. The lowest BCUT2D eigenvalue weighted by molar-refractivity contribution is 0.0952. The summed E-state index contributed by atoms with van der Waals surface area (Å²) < 4.78 is 0. The molecule has 5 nitrogen and oxygen atoms in total. The number of aromatic nitrogens is 2. The van der Waals surface area contributed by atoms with Crippen LogP contribution in [-0.2, 0) is 6.42 Å². The van der Waals surface area contributed by atoms with Crippen molar-refractivity contribution in [3.63, 3.8) is 0 Å². The van der Waals surface area contributed by atoms with Crippen molar-refractivity contribution < 1.29 is 4.79 Å². The first kappa shape index (κ1) is 16.6. The van der Waals surface area contributed by atoms with E-state index in [-0.39, 0.29) is 11.5 Å². The van der Waals surface area contributed by atoms with Crippen LogP contribution in [-0.4, -0.2) is 22.4 Å².